The Morgan fingerprint density at radius 1 is 1.23 bits per heavy atom. The van der Waals surface area contributed by atoms with E-state index in [4.69, 9.17) is 5.73 Å². The number of rotatable bonds is 0. The average molecular weight is 329 g/mol. The van der Waals surface area contributed by atoms with Gasteiger partial charge < -0.3 is 5.73 Å². The topological polar surface area (TPSA) is 92.5 Å². The number of nitrogens with one attached hydrogen (secondary N) is 1. The van der Waals surface area contributed by atoms with Crippen LogP contribution in [0.4, 0.5) is 0 Å². The highest BCUT2D eigenvalue weighted by Crippen LogP contribution is 2.42. The molecule has 1 heterocycles. The van der Waals surface area contributed by atoms with E-state index in [1.165, 1.54) is 24.2 Å². The van der Waals surface area contributed by atoms with Gasteiger partial charge in [-0.3, -0.25) is 4.79 Å². The van der Waals surface area contributed by atoms with E-state index in [0.29, 0.717) is 13.0 Å². The monoisotopic (exact) mass is 329 g/mol. The molecule has 0 bridgehead atoms. The van der Waals surface area contributed by atoms with Crippen molar-refractivity contribution in [2.45, 2.75) is 56.9 Å². The maximum Gasteiger partial charge on any atom is 0.303 e. The molecule has 1 fully saturated rings. The van der Waals surface area contributed by atoms with E-state index in [1.54, 1.807) is 0 Å². The molecule has 0 aromatic rings. The molecular weight excluding hydrogens is 302 g/mol. The van der Waals surface area contributed by atoms with Gasteiger partial charge in [0.15, 0.2) is 0 Å². The van der Waals surface area contributed by atoms with E-state index in [9.17, 15) is 13.2 Å². The van der Waals surface area contributed by atoms with Gasteiger partial charge in [-0.05, 0) is 25.7 Å². The summed E-state index contributed by atoms with van der Waals surface area (Å²) in [5.74, 6) is -0.651. The first kappa shape index (κ1) is 17.4. The Bertz CT molecular complexity index is 532. The number of hydrogen-bond acceptors (Lipinski definition) is 4. The number of hydrogen-bond donors (Lipinski definition) is 2. The number of carbonyl (C=O) groups excluding carboxylic acids is 1. The van der Waals surface area contributed by atoms with Crippen LogP contribution >= 0.6 is 0 Å². The Labute approximate surface area is 133 Å². The summed E-state index contributed by atoms with van der Waals surface area (Å²) in [7, 11) is -2.30. The molecule has 0 aromatic heterocycles. The first-order chi connectivity index (χ1) is 10.4. The molecule has 2 atom stereocenters. The molecule has 3 N–H and O–H groups in total. The Balaban J connectivity index is 2.04. The van der Waals surface area contributed by atoms with Crippen LogP contribution in [0.2, 0.25) is 0 Å². The summed E-state index contributed by atoms with van der Waals surface area (Å²) in [6, 6.07) is 0. The third-order valence-electron chi connectivity index (χ3n) is 4.58. The zero-order valence-corrected chi connectivity index (χ0v) is 14.1. The van der Waals surface area contributed by atoms with Crippen molar-refractivity contribution in [3.63, 3.8) is 0 Å². The standard InChI is InChI=1S/C15H27N3O3S/c1-18-11-9-7-5-3-2-4-6-8-10-13-12-15(13,16)14(19)17-22(18,20)21/h8,10,13H,2-7,9,11-12,16H2,1H3,(H,17,19)/b10-8-/t13-,15-/m1/s1. The van der Waals surface area contributed by atoms with Crippen molar-refractivity contribution in [2.75, 3.05) is 13.6 Å². The third-order valence-corrected chi connectivity index (χ3v) is 6.02. The summed E-state index contributed by atoms with van der Waals surface area (Å²) in [5, 5.41) is 0. The Kier molecular flexibility index (Phi) is 5.63. The van der Waals surface area contributed by atoms with Crippen molar-refractivity contribution < 1.29 is 13.2 Å². The molecule has 126 valence electrons. The van der Waals surface area contributed by atoms with E-state index < -0.39 is 21.7 Å². The van der Waals surface area contributed by atoms with Crippen LogP contribution in [0.5, 0.6) is 0 Å². The summed E-state index contributed by atoms with van der Waals surface area (Å²) in [6.07, 6.45) is 12.0. The van der Waals surface area contributed by atoms with Crippen LogP contribution in [-0.4, -0.2) is 37.8 Å². The molecule has 2 aliphatic rings. The summed E-state index contributed by atoms with van der Waals surface area (Å²) >= 11 is 0. The predicted molar refractivity (Wildman–Crippen MR) is 86.2 cm³/mol. The van der Waals surface area contributed by atoms with Crippen molar-refractivity contribution >= 4 is 16.1 Å². The van der Waals surface area contributed by atoms with Gasteiger partial charge in [0.25, 0.3) is 5.91 Å². The van der Waals surface area contributed by atoms with Gasteiger partial charge in [0, 0.05) is 19.5 Å². The lowest BCUT2D eigenvalue weighted by Crippen LogP contribution is -2.50. The van der Waals surface area contributed by atoms with E-state index in [0.717, 1.165) is 32.1 Å². The van der Waals surface area contributed by atoms with Crippen LogP contribution in [0.25, 0.3) is 0 Å². The van der Waals surface area contributed by atoms with Gasteiger partial charge in [-0.2, -0.15) is 12.7 Å². The van der Waals surface area contributed by atoms with Gasteiger partial charge >= 0.3 is 10.2 Å². The lowest BCUT2D eigenvalue weighted by molar-refractivity contribution is -0.121. The molecule has 0 aromatic carbocycles. The SMILES string of the molecule is CN1CCCCCCCC/C=C\[C@@H]2C[C@]2(N)C(=O)NS1(=O)=O. The molecule has 1 aliphatic carbocycles. The molecule has 1 saturated carbocycles. The van der Waals surface area contributed by atoms with Crippen LogP contribution in [0.3, 0.4) is 0 Å². The van der Waals surface area contributed by atoms with Crippen LogP contribution in [0, 0.1) is 5.92 Å². The highest BCUT2D eigenvalue weighted by atomic mass is 32.2. The number of allylic oxidation sites excluding steroid dienone is 1. The molecule has 6 nitrogen and oxygen atoms in total. The van der Waals surface area contributed by atoms with Crippen molar-refractivity contribution in [1.29, 1.82) is 0 Å². The molecule has 22 heavy (non-hydrogen) atoms. The van der Waals surface area contributed by atoms with Crippen molar-refractivity contribution in [1.82, 2.24) is 9.03 Å². The summed E-state index contributed by atoms with van der Waals surface area (Å²) in [6.45, 7) is 0.420. The summed E-state index contributed by atoms with van der Waals surface area (Å²) < 4.78 is 27.6. The zero-order chi connectivity index (χ0) is 16.2. The third kappa shape index (κ3) is 4.30. The van der Waals surface area contributed by atoms with E-state index >= 15 is 0 Å². The van der Waals surface area contributed by atoms with Crippen LogP contribution in [0.1, 0.15) is 51.4 Å². The Morgan fingerprint density at radius 2 is 1.86 bits per heavy atom. The second kappa shape index (κ2) is 7.10. The lowest BCUT2D eigenvalue weighted by Gasteiger charge is -2.19. The van der Waals surface area contributed by atoms with Crippen molar-refractivity contribution in [3.8, 4) is 0 Å². The van der Waals surface area contributed by atoms with Gasteiger partial charge in [-0.15, -0.1) is 0 Å². The Morgan fingerprint density at radius 3 is 2.59 bits per heavy atom. The largest absolute Gasteiger partial charge is 0.317 e. The summed E-state index contributed by atoms with van der Waals surface area (Å²) in [4.78, 5) is 12.2. The minimum Gasteiger partial charge on any atom is -0.317 e. The number of nitrogens with zero attached hydrogens (tertiary/aromatic N) is 1. The van der Waals surface area contributed by atoms with Crippen molar-refractivity contribution in [2.24, 2.45) is 11.7 Å². The minimum absolute atomic E-state index is 0.0547. The van der Waals surface area contributed by atoms with E-state index in [-0.39, 0.29) is 5.92 Å². The van der Waals surface area contributed by atoms with Crippen molar-refractivity contribution in [3.05, 3.63) is 12.2 Å². The predicted octanol–water partition coefficient (Wildman–Crippen LogP) is 1.30. The molecule has 1 amide bonds. The minimum atomic E-state index is -3.79. The van der Waals surface area contributed by atoms with Gasteiger partial charge in [0.2, 0.25) is 0 Å². The normalized spacial score (nSPS) is 36.1. The molecule has 0 radical (unpaired) electrons. The first-order valence-corrected chi connectivity index (χ1v) is 9.54. The van der Waals surface area contributed by atoms with Gasteiger partial charge in [0.1, 0.15) is 5.54 Å². The van der Waals surface area contributed by atoms with Crippen LogP contribution in [0.15, 0.2) is 12.2 Å². The lowest BCUT2D eigenvalue weighted by atomic mass is 10.1. The van der Waals surface area contributed by atoms with Crippen LogP contribution in [-0.2, 0) is 15.0 Å². The van der Waals surface area contributed by atoms with Gasteiger partial charge in [-0.1, -0.05) is 37.8 Å². The molecule has 0 saturated heterocycles. The second-order valence-electron chi connectivity index (χ2n) is 6.45. The Hall–Kier alpha value is -0.920. The fourth-order valence-electron chi connectivity index (χ4n) is 2.78. The zero-order valence-electron chi connectivity index (χ0n) is 13.3. The highest BCUT2D eigenvalue weighted by molar-refractivity contribution is 7.87. The number of nitrogens with two attached hydrogens (primary N) is 1. The molecule has 1 aliphatic heterocycles. The molecule has 0 spiro atoms. The first-order valence-electron chi connectivity index (χ1n) is 8.10. The quantitative estimate of drug-likeness (QED) is 0.655. The molecule has 7 heteroatoms. The van der Waals surface area contributed by atoms with Crippen LogP contribution < -0.4 is 10.5 Å². The molecule has 2 rings (SSSR count). The average Bonchev–Trinajstić information content (AvgIpc) is 3.11. The molecule has 0 unspecified atom stereocenters. The van der Waals surface area contributed by atoms with Gasteiger partial charge in [-0.25, -0.2) is 4.72 Å². The fraction of sp³-hybridized carbons (Fsp3) is 0.800. The second-order valence-corrected chi connectivity index (χ2v) is 8.22. The van der Waals surface area contributed by atoms with E-state index in [1.807, 2.05) is 6.08 Å². The van der Waals surface area contributed by atoms with E-state index in [2.05, 4.69) is 10.8 Å². The number of fused-ring (bicyclic) bond motifs is 1. The number of amides is 1. The number of carbonyl (C=O) groups is 1. The van der Waals surface area contributed by atoms with Gasteiger partial charge in [0.05, 0.1) is 0 Å². The molecular formula is C15H27N3O3S. The summed E-state index contributed by atoms with van der Waals surface area (Å²) in [5.41, 5.74) is 4.95. The maximum atomic E-state index is 12.2. The fourth-order valence-corrected chi connectivity index (χ4v) is 3.73. The highest BCUT2D eigenvalue weighted by Gasteiger charge is 2.56. The maximum absolute atomic E-state index is 12.2. The smallest absolute Gasteiger partial charge is 0.303 e.